The second-order valence-electron chi connectivity index (χ2n) is 9.28. The maximum atomic E-state index is 12.6. The number of carbonyl (C=O) groups excluding carboxylic acids is 2. The highest BCUT2D eigenvalue weighted by atomic mass is 35.5. The number of nitrogens with one attached hydrogen (secondary N) is 2. The van der Waals surface area contributed by atoms with Gasteiger partial charge in [0.1, 0.15) is 11.5 Å². The molecule has 0 aromatic heterocycles. The van der Waals surface area contributed by atoms with Gasteiger partial charge in [0.05, 0.1) is 5.02 Å². The van der Waals surface area contributed by atoms with Crippen LogP contribution in [0.5, 0.6) is 11.5 Å². The van der Waals surface area contributed by atoms with E-state index in [0.29, 0.717) is 27.9 Å². The zero-order chi connectivity index (χ0) is 25.6. The molecule has 0 aliphatic carbocycles. The number of para-hydroxylation sites is 1. The lowest BCUT2D eigenvalue weighted by Crippen LogP contribution is -2.30. The number of carbonyl (C=O) groups is 2. The van der Waals surface area contributed by atoms with Gasteiger partial charge in [0.2, 0.25) is 0 Å². The molecule has 0 aliphatic rings. The molecule has 0 bridgehead atoms. The molecule has 6 nitrogen and oxygen atoms in total. The zero-order valence-electron chi connectivity index (χ0n) is 20.6. The van der Waals surface area contributed by atoms with E-state index >= 15 is 0 Å². The predicted octanol–water partition coefficient (Wildman–Crippen LogP) is 6.45. The van der Waals surface area contributed by atoms with Crippen LogP contribution in [0.4, 0.5) is 11.4 Å². The third-order valence-electron chi connectivity index (χ3n) is 5.33. The van der Waals surface area contributed by atoms with Gasteiger partial charge in [-0.25, -0.2) is 0 Å². The molecule has 0 saturated carbocycles. The van der Waals surface area contributed by atoms with E-state index in [1.165, 1.54) is 5.56 Å². The Bertz CT molecular complexity index is 1150. The summed E-state index contributed by atoms with van der Waals surface area (Å²) in [6, 6.07) is 21.6. The fourth-order valence-electron chi connectivity index (χ4n) is 3.20. The lowest BCUT2D eigenvalue weighted by molar-refractivity contribution is -0.122. The van der Waals surface area contributed by atoms with Crippen LogP contribution in [0, 0.1) is 0 Å². The molecule has 2 amide bonds. The number of hydrogen-bond acceptors (Lipinski definition) is 4. The molecule has 3 rings (SSSR count). The summed E-state index contributed by atoms with van der Waals surface area (Å²) in [4.78, 5) is 25.0. The Hall–Kier alpha value is -3.51. The maximum Gasteiger partial charge on any atom is 0.265 e. The van der Waals surface area contributed by atoms with Gasteiger partial charge in [0.15, 0.2) is 12.2 Å². The third kappa shape index (κ3) is 7.49. The molecule has 2 atom stereocenters. The van der Waals surface area contributed by atoms with Crippen LogP contribution < -0.4 is 20.1 Å². The lowest BCUT2D eigenvalue weighted by Gasteiger charge is -2.20. The number of benzene rings is 3. The molecule has 0 spiro atoms. The second kappa shape index (κ2) is 11.3. The van der Waals surface area contributed by atoms with Crippen LogP contribution in [-0.4, -0.2) is 24.0 Å². The number of anilines is 2. The van der Waals surface area contributed by atoms with Crippen LogP contribution in [-0.2, 0) is 15.0 Å². The number of rotatable bonds is 8. The molecular weight excluding hydrogens is 464 g/mol. The lowest BCUT2D eigenvalue weighted by atomic mass is 9.87. The maximum absolute atomic E-state index is 12.6. The van der Waals surface area contributed by atoms with E-state index in [1.54, 1.807) is 62.4 Å². The molecule has 3 aromatic rings. The Morgan fingerprint density at radius 2 is 1.23 bits per heavy atom. The van der Waals surface area contributed by atoms with Gasteiger partial charge in [-0.1, -0.05) is 56.6 Å². The normalized spacial score (nSPS) is 12.9. The summed E-state index contributed by atoms with van der Waals surface area (Å²) in [5.74, 6) is 0.479. The molecule has 0 fully saturated rings. The van der Waals surface area contributed by atoms with Crippen molar-refractivity contribution in [3.8, 4) is 11.5 Å². The Kier molecular flexibility index (Phi) is 8.41. The fraction of sp³-hybridized carbons (Fsp3) is 0.286. The quantitative estimate of drug-likeness (QED) is 0.377. The molecule has 184 valence electrons. The van der Waals surface area contributed by atoms with Crippen LogP contribution in [0.15, 0.2) is 72.8 Å². The van der Waals surface area contributed by atoms with Gasteiger partial charge in [0, 0.05) is 11.4 Å². The minimum absolute atomic E-state index is 0.0494. The van der Waals surface area contributed by atoms with Crippen LogP contribution in [0.2, 0.25) is 5.02 Å². The smallest absolute Gasteiger partial charge is 0.265 e. The van der Waals surface area contributed by atoms with Crippen molar-refractivity contribution in [2.45, 2.75) is 52.2 Å². The van der Waals surface area contributed by atoms with E-state index in [4.69, 9.17) is 21.1 Å². The summed E-state index contributed by atoms with van der Waals surface area (Å²) in [5, 5.41) is 6.05. The predicted molar refractivity (Wildman–Crippen MR) is 140 cm³/mol. The van der Waals surface area contributed by atoms with Crippen molar-refractivity contribution in [1.82, 2.24) is 0 Å². The van der Waals surface area contributed by atoms with Crippen molar-refractivity contribution in [2.75, 3.05) is 10.6 Å². The van der Waals surface area contributed by atoms with Gasteiger partial charge in [-0.2, -0.15) is 0 Å². The fourth-order valence-corrected chi connectivity index (χ4v) is 3.38. The molecule has 0 heterocycles. The summed E-state index contributed by atoms with van der Waals surface area (Å²) in [6.07, 6.45) is -1.43. The minimum Gasteiger partial charge on any atom is -0.481 e. The van der Waals surface area contributed by atoms with Crippen LogP contribution in [0.25, 0.3) is 0 Å². The Labute approximate surface area is 211 Å². The zero-order valence-corrected chi connectivity index (χ0v) is 21.3. The van der Waals surface area contributed by atoms with Crippen molar-refractivity contribution in [3.63, 3.8) is 0 Å². The minimum atomic E-state index is -0.746. The second-order valence-corrected chi connectivity index (χ2v) is 9.69. The summed E-state index contributed by atoms with van der Waals surface area (Å²) in [7, 11) is 0. The van der Waals surface area contributed by atoms with Gasteiger partial charge < -0.3 is 20.1 Å². The molecule has 0 radical (unpaired) electrons. The summed E-state index contributed by atoms with van der Waals surface area (Å²) < 4.78 is 11.4. The molecule has 3 aromatic carbocycles. The molecule has 0 aliphatic heterocycles. The first kappa shape index (κ1) is 26.1. The highest BCUT2D eigenvalue weighted by Gasteiger charge is 2.18. The average Bonchev–Trinajstić information content (AvgIpc) is 2.81. The van der Waals surface area contributed by atoms with Gasteiger partial charge in [-0.3, -0.25) is 9.59 Å². The van der Waals surface area contributed by atoms with Crippen molar-refractivity contribution >= 4 is 34.8 Å². The van der Waals surface area contributed by atoms with Crippen LogP contribution >= 0.6 is 11.6 Å². The van der Waals surface area contributed by atoms with Crippen molar-refractivity contribution in [2.24, 2.45) is 0 Å². The highest BCUT2D eigenvalue weighted by Crippen LogP contribution is 2.26. The van der Waals surface area contributed by atoms with Crippen LogP contribution in [0.3, 0.4) is 0 Å². The van der Waals surface area contributed by atoms with E-state index in [2.05, 4.69) is 31.4 Å². The van der Waals surface area contributed by atoms with Crippen molar-refractivity contribution in [1.29, 1.82) is 0 Å². The van der Waals surface area contributed by atoms with Gasteiger partial charge in [0.25, 0.3) is 11.8 Å². The Balaban J connectivity index is 1.51. The van der Waals surface area contributed by atoms with Crippen molar-refractivity contribution in [3.05, 3.63) is 83.4 Å². The van der Waals surface area contributed by atoms with E-state index in [0.717, 1.165) is 0 Å². The third-order valence-corrected chi connectivity index (χ3v) is 5.64. The van der Waals surface area contributed by atoms with Gasteiger partial charge >= 0.3 is 0 Å². The first-order chi connectivity index (χ1) is 16.5. The number of ether oxygens (including phenoxy) is 2. The standard InChI is InChI=1S/C28H31ClN2O4/c1-18(34-23-16-10-20(11-17-23)28(3,4)5)26(32)30-21-12-14-22(15-13-21)31-27(33)19(2)35-25-9-7-6-8-24(25)29/h6-19H,1-5H3,(H,30,32)(H,31,33). The van der Waals surface area contributed by atoms with E-state index in [1.807, 2.05) is 24.3 Å². The first-order valence-corrected chi connectivity index (χ1v) is 11.8. The largest absolute Gasteiger partial charge is 0.481 e. The number of hydrogen-bond donors (Lipinski definition) is 2. The molecular formula is C28H31ClN2O4. The van der Waals surface area contributed by atoms with E-state index in [9.17, 15) is 9.59 Å². The molecule has 7 heteroatoms. The molecule has 2 unspecified atom stereocenters. The highest BCUT2D eigenvalue weighted by molar-refractivity contribution is 6.32. The topological polar surface area (TPSA) is 76.7 Å². The molecule has 2 N–H and O–H groups in total. The van der Waals surface area contributed by atoms with Crippen molar-refractivity contribution < 1.29 is 19.1 Å². The first-order valence-electron chi connectivity index (χ1n) is 11.4. The number of halogens is 1. The van der Waals surface area contributed by atoms with Gasteiger partial charge in [-0.15, -0.1) is 0 Å². The average molecular weight is 495 g/mol. The Morgan fingerprint density at radius 1 is 0.743 bits per heavy atom. The summed E-state index contributed by atoms with van der Waals surface area (Å²) in [6.45, 7) is 9.77. The van der Waals surface area contributed by atoms with E-state index < -0.39 is 12.2 Å². The van der Waals surface area contributed by atoms with Crippen LogP contribution in [0.1, 0.15) is 40.2 Å². The summed E-state index contributed by atoms with van der Waals surface area (Å²) >= 11 is 6.08. The number of amides is 2. The van der Waals surface area contributed by atoms with E-state index in [-0.39, 0.29) is 17.2 Å². The SMILES string of the molecule is CC(Oc1ccc(C(C)(C)C)cc1)C(=O)Nc1ccc(NC(=O)C(C)Oc2ccccc2Cl)cc1. The molecule has 35 heavy (non-hydrogen) atoms. The molecule has 0 saturated heterocycles. The summed E-state index contributed by atoms with van der Waals surface area (Å²) in [5.41, 5.74) is 2.41. The van der Waals surface area contributed by atoms with Gasteiger partial charge in [-0.05, 0) is 73.4 Å². The monoisotopic (exact) mass is 494 g/mol. The Morgan fingerprint density at radius 3 is 1.71 bits per heavy atom.